The highest BCUT2D eigenvalue weighted by Gasteiger charge is 2.17. The fraction of sp³-hybridized carbons (Fsp3) is 0.643. The van der Waals surface area contributed by atoms with Crippen molar-refractivity contribution in [2.45, 2.75) is 39.0 Å². The number of anilines is 1. The SMILES string of the molecule is CCCNc1nc(OCC2CCCC2)c(Cl)cc1Cl. The lowest BCUT2D eigenvalue weighted by atomic mass is 10.1. The fourth-order valence-electron chi connectivity index (χ4n) is 2.29. The van der Waals surface area contributed by atoms with Crippen molar-refractivity contribution in [1.82, 2.24) is 4.98 Å². The van der Waals surface area contributed by atoms with E-state index in [-0.39, 0.29) is 0 Å². The van der Waals surface area contributed by atoms with Gasteiger partial charge in [0.05, 0.1) is 11.6 Å². The Labute approximate surface area is 124 Å². The average Bonchev–Trinajstić information content (AvgIpc) is 2.90. The van der Waals surface area contributed by atoms with Crippen LogP contribution in [0.5, 0.6) is 5.88 Å². The van der Waals surface area contributed by atoms with Crippen LogP contribution in [-0.4, -0.2) is 18.1 Å². The predicted molar refractivity (Wildman–Crippen MR) is 80.5 cm³/mol. The van der Waals surface area contributed by atoms with Gasteiger partial charge in [0, 0.05) is 6.54 Å². The van der Waals surface area contributed by atoms with Crippen LogP contribution in [0.1, 0.15) is 39.0 Å². The molecule has 1 aromatic rings. The molecule has 1 saturated carbocycles. The van der Waals surface area contributed by atoms with Crippen molar-refractivity contribution in [3.63, 3.8) is 0 Å². The second kappa shape index (κ2) is 7.20. The van der Waals surface area contributed by atoms with Gasteiger partial charge in [-0.3, -0.25) is 0 Å². The highest BCUT2D eigenvalue weighted by molar-refractivity contribution is 6.36. The van der Waals surface area contributed by atoms with Crippen molar-refractivity contribution in [3.05, 3.63) is 16.1 Å². The summed E-state index contributed by atoms with van der Waals surface area (Å²) in [6, 6.07) is 1.69. The Morgan fingerprint density at radius 3 is 2.74 bits per heavy atom. The summed E-state index contributed by atoms with van der Waals surface area (Å²) in [5.41, 5.74) is 0. The first-order valence-corrected chi connectivity index (χ1v) is 7.69. The molecule has 1 aliphatic carbocycles. The first-order chi connectivity index (χ1) is 9.20. The second-order valence-electron chi connectivity index (χ2n) is 4.99. The smallest absolute Gasteiger partial charge is 0.234 e. The third-order valence-electron chi connectivity index (χ3n) is 3.37. The minimum atomic E-state index is 0.477. The van der Waals surface area contributed by atoms with Crippen LogP contribution < -0.4 is 10.1 Å². The van der Waals surface area contributed by atoms with E-state index in [0.717, 1.165) is 13.0 Å². The van der Waals surface area contributed by atoms with Crippen molar-refractivity contribution in [1.29, 1.82) is 0 Å². The Morgan fingerprint density at radius 2 is 2.05 bits per heavy atom. The summed E-state index contributed by atoms with van der Waals surface area (Å²) in [7, 11) is 0. The number of hydrogen-bond donors (Lipinski definition) is 1. The molecule has 0 unspecified atom stereocenters. The Morgan fingerprint density at radius 1 is 1.32 bits per heavy atom. The van der Waals surface area contributed by atoms with Gasteiger partial charge in [0.25, 0.3) is 0 Å². The molecule has 1 heterocycles. The Kier molecular flexibility index (Phi) is 5.59. The molecule has 1 fully saturated rings. The Hall–Kier alpha value is -0.670. The monoisotopic (exact) mass is 302 g/mol. The van der Waals surface area contributed by atoms with E-state index in [1.807, 2.05) is 0 Å². The molecular weight excluding hydrogens is 283 g/mol. The number of rotatable bonds is 6. The molecule has 0 aliphatic heterocycles. The molecule has 0 saturated heterocycles. The quantitative estimate of drug-likeness (QED) is 0.821. The van der Waals surface area contributed by atoms with Crippen LogP contribution in [0.4, 0.5) is 5.82 Å². The topological polar surface area (TPSA) is 34.2 Å². The minimum absolute atomic E-state index is 0.477. The highest BCUT2D eigenvalue weighted by atomic mass is 35.5. The number of pyridine rings is 1. The van der Waals surface area contributed by atoms with E-state index in [0.29, 0.717) is 34.3 Å². The van der Waals surface area contributed by atoms with Gasteiger partial charge < -0.3 is 10.1 Å². The van der Waals surface area contributed by atoms with E-state index in [1.165, 1.54) is 25.7 Å². The second-order valence-corrected chi connectivity index (χ2v) is 5.81. The van der Waals surface area contributed by atoms with Crippen LogP contribution in [0.25, 0.3) is 0 Å². The minimum Gasteiger partial charge on any atom is -0.476 e. The van der Waals surface area contributed by atoms with Crippen molar-refractivity contribution in [2.75, 3.05) is 18.5 Å². The lowest BCUT2D eigenvalue weighted by Gasteiger charge is -2.14. The van der Waals surface area contributed by atoms with Crippen LogP contribution >= 0.6 is 23.2 Å². The first-order valence-electron chi connectivity index (χ1n) is 6.93. The normalized spacial score (nSPS) is 15.7. The van der Waals surface area contributed by atoms with E-state index < -0.39 is 0 Å². The van der Waals surface area contributed by atoms with Crippen LogP contribution in [0, 0.1) is 5.92 Å². The number of hydrogen-bond acceptors (Lipinski definition) is 3. The third kappa shape index (κ3) is 4.15. The van der Waals surface area contributed by atoms with E-state index in [1.54, 1.807) is 6.07 Å². The maximum absolute atomic E-state index is 6.12. The zero-order valence-electron chi connectivity index (χ0n) is 11.2. The first kappa shape index (κ1) is 14.7. The predicted octanol–water partition coefficient (Wildman–Crippen LogP) is 4.78. The van der Waals surface area contributed by atoms with E-state index in [9.17, 15) is 0 Å². The average molecular weight is 303 g/mol. The van der Waals surface area contributed by atoms with E-state index in [2.05, 4.69) is 17.2 Å². The molecule has 2 rings (SSSR count). The van der Waals surface area contributed by atoms with Gasteiger partial charge in [-0.05, 0) is 31.2 Å². The summed E-state index contributed by atoms with van der Waals surface area (Å²) in [4.78, 5) is 4.37. The summed E-state index contributed by atoms with van der Waals surface area (Å²) in [6.07, 6.45) is 6.11. The third-order valence-corrected chi connectivity index (χ3v) is 3.93. The molecule has 0 radical (unpaired) electrons. The fourth-order valence-corrected chi connectivity index (χ4v) is 2.77. The molecule has 0 amide bonds. The van der Waals surface area contributed by atoms with Gasteiger partial charge in [-0.25, -0.2) is 0 Å². The van der Waals surface area contributed by atoms with Gasteiger partial charge in [0.2, 0.25) is 5.88 Å². The van der Waals surface area contributed by atoms with Crippen molar-refractivity contribution >= 4 is 29.0 Å². The summed E-state index contributed by atoms with van der Waals surface area (Å²) in [5.74, 6) is 1.77. The van der Waals surface area contributed by atoms with Gasteiger partial charge in [0.15, 0.2) is 0 Å². The summed E-state index contributed by atoms with van der Waals surface area (Å²) in [6.45, 7) is 3.62. The number of nitrogens with one attached hydrogen (secondary N) is 1. The summed E-state index contributed by atoms with van der Waals surface area (Å²) < 4.78 is 5.75. The molecule has 1 aromatic heterocycles. The van der Waals surface area contributed by atoms with Crippen LogP contribution in [-0.2, 0) is 0 Å². The molecule has 0 aromatic carbocycles. The van der Waals surface area contributed by atoms with Crippen LogP contribution in [0.3, 0.4) is 0 Å². The molecule has 3 nitrogen and oxygen atoms in total. The van der Waals surface area contributed by atoms with Gasteiger partial charge in [0.1, 0.15) is 10.8 Å². The van der Waals surface area contributed by atoms with E-state index in [4.69, 9.17) is 27.9 Å². The molecule has 0 bridgehead atoms. The molecular formula is C14H20Cl2N2O. The van der Waals surface area contributed by atoms with Gasteiger partial charge in [-0.1, -0.05) is 43.0 Å². The van der Waals surface area contributed by atoms with E-state index >= 15 is 0 Å². The zero-order chi connectivity index (χ0) is 13.7. The van der Waals surface area contributed by atoms with Gasteiger partial charge in [-0.15, -0.1) is 0 Å². The maximum atomic E-state index is 6.12. The zero-order valence-corrected chi connectivity index (χ0v) is 12.7. The summed E-state index contributed by atoms with van der Waals surface area (Å²) >= 11 is 12.2. The largest absolute Gasteiger partial charge is 0.476 e. The van der Waals surface area contributed by atoms with Crippen LogP contribution in [0.2, 0.25) is 10.0 Å². The number of nitrogens with zero attached hydrogens (tertiary/aromatic N) is 1. The molecule has 19 heavy (non-hydrogen) atoms. The molecule has 1 N–H and O–H groups in total. The molecule has 0 spiro atoms. The van der Waals surface area contributed by atoms with Crippen molar-refractivity contribution < 1.29 is 4.74 Å². The molecule has 0 atom stereocenters. The highest BCUT2D eigenvalue weighted by Crippen LogP contribution is 2.32. The van der Waals surface area contributed by atoms with Gasteiger partial charge >= 0.3 is 0 Å². The number of halogens is 2. The maximum Gasteiger partial charge on any atom is 0.234 e. The number of ether oxygens (including phenoxy) is 1. The number of aromatic nitrogens is 1. The van der Waals surface area contributed by atoms with Crippen molar-refractivity contribution in [3.8, 4) is 5.88 Å². The van der Waals surface area contributed by atoms with Gasteiger partial charge in [-0.2, -0.15) is 4.98 Å². The Bertz CT molecular complexity index is 420. The molecule has 5 heteroatoms. The summed E-state index contributed by atoms with van der Waals surface area (Å²) in [5, 5.41) is 4.19. The lowest BCUT2D eigenvalue weighted by molar-refractivity contribution is 0.244. The molecule has 1 aliphatic rings. The standard InChI is InChI=1S/C14H20Cl2N2O/c1-2-7-17-13-11(15)8-12(16)14(18-13)19-9-10-5-3-4-6-10/h8,10H,2-7,9H2,1H3,(H,17,18). The van der Waals surface area contributed by atoms with Crippen molar-refractivity contribution in [2.24, 2.45) is 5.92 Å². The lowest BCUT2D eigenvalue weighted by Crippen LogP contribution is -2.10. The molecule has 106 valence electrons. The van der Waals surface area contributed by atoms with Crippen LogP contribution in [0.15, 0.2) is 6.07 Å². The Balaban J connectivity index is 2.01.